The summed E-state index contributed by atoms with van der Waals surface area (Å²) in [6.07, 6.45) is -1.59. The first-order valence-corrected chi connectivity index (χ1v) is 4.53. The lowest BCUT2D eigenvalue weighted by Crippen LogP contribution is -2.28. The molecule has 5 N–H and O–H groups in total. The van der Waals surface area contributed by atoms with Gasteiger partial charge in [-0.2, -0.15) is 0 Å². The highest BCUT2D eigenvalue weighted by Crippen LogP contribution is 2.06. The maximum Gasteiger partial charge on any atom is 0.328 e. The predicted molar refractivity (Wildman–Crippen MR) is 52.0 cm³/mol. The van der Waals surface area contributed by atoms with Gasteiger partial charge in [0.2, 0.25) is 0 Å². The summed E-state index contributed by atoms with van der Waals surface area (Å²) < 4.78 is 23.9. The minimum Gasteiger partial charge on any atom is -0.480 e. The van der Waals surface area contributed by atoms with Crippen molar-refractivity contribution in [2.75, 3.05) is 6.54 Å². The van der Waals surface area contributed by atoms with Crippen molar-refractivity contribution >= 4 is 11.8 Å². The highest BCUT2D eigenvalue weighted by molar-refractivity contribution is 5.86. The summed E-state index contributed by atoms with van der Waals surface area (Å²) >= 11 is 0. The fourth-order valence-electron chi connectivity index (χ4n) is 0.962. The number of unbranched alkanes of at least 4 members (excludes halogenated alkanes) is 1. The van der Waals surface area contributed by atoms with E-state index < -0.39 is 24.3 Å². The van der Waals surface area contributed by atoms with Gasteiger partial charge in [0.15, 0.2) is 5.84 Å². The summed E-state index contributed by atoms with van der Waals surface area (Å²) in [5, 5.41) is 8.66. The second kappa shape index (κ2) is 7.10. The van der Waals surface area contributed by atoms with E-state index in [1.54, 1.807) is 0 Å². The summed E-state index contributed by atoms with van der Waals surface area (Å²) in [6.45, 7) is 0.431. The number of aliphatic carboxylic acids is 1. The number of aliphatic imine (C=N–C) groups is 1. The summed E-state index contributed by atoms with van der Waals surface area (Å²) in [5.41, 5.74) is 10.1. The molecule has 15 heavy (non-hydrogen) atoms. The van der Waals surface area contributed by atoms with Gasteiger partial charge in [0.05, 0.1) is 0 Å². The van der Waals surface area contributed by atoms with Crippen LogP contribution in [-0.2, 0) is 4.79 Å². The summed E-state index contributed by atoms with van der Waals surface area (Å²) in [7, 11) is 0. The molecule has 0 unspecified atom stereocenters. The first kappa shape index (κ1) is 13.8. The van der Waals surface area contributed by atoms with Crippen LogP contribution in [0.1, 0.15) is 19.3 Å². The molecule has 1 atom stereocenters. The summed E-state index contributed by atoms with van der Waals surface area (Å²) in [5.74, 6) is -2.19. The lowest BCUT2D eigenvalue weighted by molar-refractivity contribution is -0.138. The number of nitrogens with zero attached hydrogens (tertiary/aromatic N) is 1. The van der Waals surface area contributed by atoms with Crippen LogP contribution in [0.4, 0.5) is 8.78 Å². The molecule has 0 aromatic carbocycles. The van der Waals surface area contributed by atoms with Crippen LogP contribution in [0, 0.1) is 0 Å². The van der Waals surface area contributed by atoms with Gasteiger partial charge in [-0.25, -0.2) is 13.6 Å². The molecule has 0 bridgehead atoms. The highest BCUT2D eigenvalue weighted by atomic mass is 19.3. The number of carboxylic acids is 1. The Morgan fingerprint density at radius 1 is 1.40 bits per heavy atom. The van der Waals surface area contributed by atoms with Crippen molar-refractivity contribution in [1.29, 1.82) is 0 Å². The van der Waals surface area contributed by atoms with Gasteiger partial charge in [0.25, 0.3) is 6.43 Å². The Hall–Kier alpha value is -1.24. The molecule has 0 aliphatic heterocycles. The Kier molecular flexibility index (Phi) is 6.52. The van der Waals surface area contributed by atoms with Crippen LogP contribution in [0.3, 0.4) is 0 Å². The van der Waals surface area contributed by atoms with Crippen LogP contribution in [0.5, 0.6) is 0 Å². The Bertz CT molecular complexity index is 234. The van der Waals surface area contributed by atoms with Crippen LogP contribution in [0.25, 0.3) is 0 Å². The SMILES string of the molecule is NCCCC[C@H](N=C(N)C(F)F)C(=O)O. The number of halogens is 2. The molecule has 0 aliphatic carbocycles. The lowest BCUT2D eigenvalue weighted by Gasteiger charge is -2.08. The number of carboxylic acid groups (broad SMARTS) is 1. The van der Waals surface area contributed by atoms with Gasteiger partial charge in [0, 0.05) is 0 Å². The monoisotopic (exact) mass is 223 g/mol. The molecule has 0 saturated heterocycles. The second-order valence-corrected chi connectivity index (χ2v) is 2.99. The Labute approximate surface area is 86.2 Å². The largest absolute Gasteiger partial charge is 0.480 e. The number of rotatable bonds is 7. The van der Waals surface area contributed by atoms with E-state index in [9.17, 15) is 13.6 Å². The molecular weight excluding hydrogens is 208 g/mol. The van der Waals surface area contributed by atoms with Crippen molar-refractivity contribution < 1.29 is 18.7 Å². The van der Waals surface area contributed by atoms with Crippen molar-refractivity contribution in [2.45, 2.75) is 31.7 Å². The first-order valence-electron chi connectivity index (χ1n) is 4.53. The number of amidine groups is 1. The van der Waals surface area contributed by atoms with E-state index in [1.165, 1.54) is 0 Å². The molecule has 5 nitrogen and oxygen atoms in total. The van der Waals surface area contributed by atoms with Gasteiger partial charge < -0.3 is 16.6 Å². The van der Waals surface area contributed by atoms with Gasteiger partial charge in [-0.05, 0) is 25.8 Å². The van der Waals surface area contributed by atoms with Crippen molar-refractivity contribution in [3.63, 3.8) is 0 Å². The molecule has 0 spiro atoms. The van der Waals surface area contributed by atoms with Gasteiger partial charge in [-0.1, -0.05) is 0 Å². The third kappa shape index (κ3) is 5.95. The van der Waals surface area contributed by atoms with E-state index >= 15 is 0 Å². The molecular formula is C8H15F2N3O2. The van der Waals surface area contributed by atoms with Gasteiger partial charge in [-0.15, -0.1) is 0 Å². The van der Waals surface area contributed by atoms with Gasteiger partial charge >= 0.3 is 5.97 Å². The number of hydrogen-bond donors (Lipinski definition) is 3. The molecule has 0 saturated carbocycles. The fourth-order valence-corrected chi connectivity index (χ4v) is 0.962. The third-order valence-electron chi connectivity index (χ3n) is 1.75. The van der Waals surface area contributed by atoms with Crippen LogP contribution >= 0.6 is 0 Å². The molecule has 0 fully saturated rings. The Morgan fingerprint density at radius 2 is 2.00 bits per heavy atom. The van der Waals surface area contributed by atoms with E-state index in [0.29, 0.717) is 19.4 Å². The standard InChI is InChI=1S/C8H15F2N3O2/c9-6(10)7(12)13-5(8(14)15)3-1-2-4-11/h5-6H,1-4,11H2,(H2,12,13)(H,14,15)/t5-/m0/s1. The Morgan fingerprint density at radius 3 is 2.40 bits per heavy atom. The molecule has 0 amide bonds. The molecule has 0 aromatic heterocycles. The normalized spacial score (nSPS) is 14.3. The van der Waals surface area contributed by atoms with E-state index in [0.717, 1.165) is 0 Å². The van der Waals surface area contributed by atoms with Crippen molar-refractivity contribution in [1.82, 2.24) is 0 Å². The maximum absolute atomic E-state index is 12.0. The smallest absolute Gasteiger partial charge is 0.328 e. The zero-order valence-corrected chi connectivity index (χ0v) is 8.20. The molecule has 0 radical (unpaired) electrons. The maximum atomic E-state index is 12.0. The highest BCUT2D eigenvalue weighted by Gasteiger charge is 2.18. The van der Waals surface area contributed by atoms with Crippen molar-refractivity contribution in [3.8, 4) is 0 Å². The van der Waals surface area contributed by atoms with Crippen molar-refractivity contribution in [2.24, 2.45) is 16.5 Å². The third-order valence-corrected chi connectivity index (χ3v) is 1.75. The van der Waals surface area contributed by atoms with Crippen LogP contribution in [0.15, 0.2) is 4.99 Å². The number of carbonyl (C=O) groups is 1. The zero-order chi connectivity index (χ0) is 11.8. The number of nitrogens with two attached hydrogens (primary N) is 2. The van der Waals surface area contributed by atoms with Gasteiger partial charge in [0.1, 0.15) is 6.04 Å². The zero-order valence-electron chi connectivity index (χ0n) is 8.20. The van der Waals surface area contributed by atoms with Crippen LogP contribution in [-0.4, -0.2) is 35.9 Å². The summed E-state index contributed by atoms with van der Waals surface area (Å²) in [4.78, 5) is 13.9. The minimum absolute atomic E-state index is 0.167. The van der Waals surface area contributed by atoms with E-state index in [4.69, 9.17) is 16.6 Å². The lowest BCUT2D eigenvalue weighted by atomic mass is 10.1. The average Bonchev–Trinajstić information content (AvgIpc) is 2.15. The van der Waals surface area contributed by atoms with Gasteiger partial charge in [-0.3, -0.25) is 4.99 Å². The molecule has 0 aromatic rings. The molecule has 0 heterocycles. The fraction of sp³-hybridized carbons (Fsp3) is 0.750. The van der Waals surface area contributed by atoms with Crippen LogP contribution < -0.4 is 11.5 Å². The quantitative estimate of drug-likeness (QED) is 0.326. The van der Waals surface area contributed by atoms with E-state index in [2.05, 4.69) is 4.99 Å². The molecule has 7 heteroatoms. The topological polar surface area (TPSA) is 102 Å². The number of alkyl halides is 2. The summed E-state index contributed by atoms with van der Waals surface area (Å²) in [6, 6.07) is -1.20. The second-order valence-electron chi connectivity index (χ2n) is 2.99. The van der Waals surface area contributed by atoms with E-state index in [1.807, 2.05) is 0 Å². The average molecular weight is 223 g/mol. The minimum atomic E-state index is -2.92. The predicted octanol–water partition coefficient (Wildman–Crippen LogP) is 0.191. The molecule has 0 aliphatic rings. The Balaban J connectivity index is 4.28. The number of hydrogen-bond acceptors (Lipinski definition) is 3. The first-order chi connectivity index (χ1) is 6.99. The van der Waals surface area contributed by atoms with Crippen molar-refractivity contribution in [3.05, 3.63) is 0 Å². The molecule has 0 rings (SSSR count). The molecule has 88 valence electrons. The van der Waals surface area contributed by atoms with E-state index in [-0.39, 0.29) is 6.42 Å². The van der Waals surface area contributed by atoms with Crippen LogP contribution in [0.2, 0.25) is 0 Å².